The molecule has 0 bridgehead atoms. The van der Waals surface area contributed by atoms with Gasteiger partial charge in [-0.05, 0) is 36.4 Å². The molecule has 3 heterocycles. The number of aromatic nitrogens is 2. The Morgan fingerprint density at radius 3 is 1.56 bits per heavy atom. The van der Waals surface area contributed by atoms with E-state index in [1.165, 1.54) is 24.5 Å². The van der Waals surface area contributed by atoms with Crippen LogP contribution in [-0.2, 0) is 9.47 Å². The molecule has 3 rings (SSSR count). The zero-order valence-corrected chi connectivity index (χ0v) is 19.4. The van der Waals surface area contributed by atoms with Crippen molar-refractivity contribution < 1.29 is 28.7 Å². The molecule has 0 atom stereocenters. The normalized spacial score (nSPS) is 9.88. The predicted molar refractivity (Wildman–Crippen MR) is 125 cm³/mol. The van der Waals surface area contributed by atoms with Crippen LogP contribution in [0.2, 0.25) is 0 Å². The van der Waals surface area contributed by atoms with Gasteiger partial charge in [-0.25, -0.2) is 9.59 Å². The number of nitrogens with one attached hydrogen (secondary N) is 2. The Balaban J connectivity index is 0.00000408. The number of rotatable bonds is 10. The Labute approximate surface area is 205 Å². The largest absolute Gasteiger partial charge is 0.460 e. The molecule has 3 aromatic rings. The minimum Gasteiger partial charge on any atom is -0.460 e. The fourth-order valence-electron chi connectivity index (χ4n) is 2.51. The lowest BCUT2D eigenvalue weighted by Gasteiger charge is -2.06. The van der Waals surface area contributed by atoms with Gasteiger partial charge in [0.2, 0.25) is 0 Å². The van der Waals surface area contributed by atoms with Gasteiger partial charge in [-0.3, -0.25) is 19.6 Å². The van der Waals surface area contributed by atoms with Crippen molar-refractivity contribution in [2.45, 2.75) is 0 Å². The third-order valence-corrected chi connectivity index (χ3v) is 5.14. The van der Waals surface area contributed by atoms with E-state index in [4.69, 9.17) is 9.47 Å². The van der Waals surface area contributed by atoms with Gasteiger partial charge < -0.3 is 20.1 Å². The minimum absolute atomic E-state index is 0. The highest BCUT2D eigenvalue weighted by atomic mass is 35.5. The SMILES string of the molecule is Cl.O=C(NCCOC(=O)c1ccc(C(=O)OCCNC(=O)c2cccnc2)s1)c1cccnc1. The fraction of sp³-hybridized carbons (Fsp3) is 0.182. The predicted octanol–water partition coefficient (Wildman–Crippen LogP) is 2.13. The molecule has 0 aliphatic rings. The van der Waals surface area contributed by atoms with Crippen molar-refractivity contribution in [2.24, 2.45) is 0 Å². The van der Waals surface area contributed by atoms with Crippen LogP contribution in [-0.4, -0.2) is 60.0 Å². The van der Waals surface area contributed by atoms with Crippen LogP contribution in [0.4, 0.5) is 0 Å². The standard InChI is InChI=1S/C22H20N4O6S.ClH/c27-19(15-3-1-7-23-13-15)25-9-11-31-21(29)17-5-6-18(33-17)22(30)32-12-10-26-20(28)16-4-2-8-24-14-16;/h1-8,13-14H,9-12H2,(H,25,27)(H,26,28);1H. The van der Waals surface area contributed by atoms with Gasteiger partial charge in [0, 0.05) is 24.8 Å². The lowest BCUT2D eigenvalue weighted by Crippen LogP contribution is -2.28. The van der Waals surface area contributed by atoms with Crippen molar-refractivity contribution >= 4 is 47.5 Å². The number of ether oxygens (including phenoxy) is 2. The van der Waals surface area contributed by atoms with Crippen molar-refractivity contribution in [3.05, 3.63) is 82.1 Å². The summed E-state index contributed by atoms with van der Waals surface area (Å²) in [6.45, 7) is 0.202. The molecular formula is C22H21ClN4O6S. The summed E-state index contributed by atoms with van der Waals surface area (Å²) in [5.41, 5.74) is 0.809. The third kappa shape index (κ3) is 7.94. The summed E-state index contributed by atoms with van der Waals surface area (Å²) in [6, 6.07) is 9.45. The van der Waals surface area contributed by atoms with Crippen LogP contribution in [0.15, 0.2) is 61.2 Å². The van der Waals surface area contributed by atoms with Crippen molar-refractivity contribution in [3.8, 4) is 0 Å². The molecule has 0 aliphatic carbocycles. The molecule has 3 aromatic heterocycles. The zero-order chi connectivity index (χ0) is 23.5. The van der Waals surface area contributed by atoms with Gasteiger partial charge in [0.25, 0.3) is 11.8 Å². The number of esters is 2. The molecule has 0 fully saturated rings. The molecule has 0 saturated carbocycles. The monoisotopic (exact) mass is 504 g/mol. The molecular weight excluding hydrogens is 484 g/mol. The van der Waals surface area contributed by atoms with Gasteiger partial charge in [0.15, 0.2) is 0 Å². The number of pyridine rings is 2. The summed E-state index contributed by atoms with van der Waals surface area (Å²) in [6.07, 6.45) is 5.99. The van der Waals surface area contributed by atoms with Crippen LogP contribution in [0, 0.1) is 0 Å². The third-order valence-electron chi connectivity index (χ3n) is 4.10. The molecule has 0 radical (unpaired) electrons. The number of amides is 2. The van der Waals surface area contributed by atoms with Gasteiger partial charge in [-0.15, -0.1) is 23.7 Å². The second-order valence-corrected chi connectivity index (χ2v) is 7.51. The Kier molecular flexibility index (Phi) is 10.6. The quantitative estimate of drug-likeness (QED) is 0.316. The molecule has 178 valence electrons. The van der Waals surface area contributed by atoms with Crippen molar-refractivity contribution in [1.82, 2.24) is 20.6 Å². The molecule has 0 saturated heterocycles. The lowest BCUT2D eigenvalue weighted by atomic mass is 10.3. The minimum atomic E-state index is -0.613. The number of hydrogen-bond acceptors (Lipinski definition) is 9. The van der Waals surface area contributed by atoms with Crippen molar-refractivity contribution in [1.29, 1.82) is 0 Å². The Morgan fingerprint density at radius 1 is 0.735 bits per heavy atom. The van der Waals surface area contributed by atoms with E-state index < -0.39 is 11.9 Å². The Morgan fingerprint density at radius 2 is 1.18 bits per heavy atom. The van der Waals surface area contributed by atoms with Gasteiger partial charge in [0.1, 0.15) is 23.0 Å². The topological polar surface area (TPSA) is 137 Å². The number of carbonyl (C=O) groups excluding carboxylic acids is 4. The molecule has 0 aromatic carbocycles. The molecule has 12 heteroatoms. The van der Waals surface area contributed by atoms with E-state index in [1.54, 1.807) is 36.7 Å². The average Bonchev–Trinajstić information content (AvgIpc) is 3.36. The number of carbonyl (C=O) groups is 4. The summed E-state index contributed by atoms with van der Waals surface area (Å²) in [7, 11) is 0. The van der Waals surface area contributed by atoms with E-state index >= 15 is 0 Å². The first-order chi connectivity index (χ1) is 16.0. The highest BCUT2D eigenvalue weighted by molar-refractivity contribution is 7.15. The van der Waals surface area contributed by atoms with Gasteiger partial charge in [-0.1, -0.05) is 0 Å². The van der Waals surface area contributed by atoms with E-state index in [-0.39, 0.29) is 60.3 Å². The molecule has 34 heavy (non-hydrogen) atoms. The smallest absolute Gasteiger partial charge is 0.348 e. The number of hydrogen-bond donors (Lipinski definition) is 2. The summed E-state index contributed by atoms with van der Waals surface area (Å²) in [5, 5.41) is 5.23. The average molecular weight is 505 g/mol. The maximum absolute atomic E-state index is 12.1. The molecule has 0 aliphatic heterocycles. The van der Waals surface area contributed by atoms with Gasteiger partial charge in [0.05, 0.1) is 24.2 Å². The summed E-state index contributed by atoms with van der Waals surface area (Å²) >= 11 is 0.931. The Bertz CT molecular complexity index is 1020. The van der Waals surface area contributed by atoms with Gasteiger partial charge >= 0.3 is 11.9 Å². The van der Waals surface area contributed by atoms with Crippen LogP contribution in [0.5, 0.6) is 0 Å². The number of nitrogens with zero attached hydrogens (tertiary/aromatic N) is 2. The van der Waals surface area contributed by atoms with Gasteiger partial charge in [-0.2, -0.15) is 0 Å². The zero-order valence-electron chi connectivity index (χ0n) is 17.8. The molecule has 0 unspecified atom stereocenters. The van der Waals surface area contributed by atoms with Crippen molar-refractivity contribution in [3.63, 3.8) is 0 Å². The maximum Gasteiger partial charge on any atom is 0.348 e. The van der Waals surface area contributed by atoms with E-state index in [0.29, 0.717) is 11.1 Å². The van der Waals surface area contributed by atoms with Crippen LogP contribution in [0.1, 0.15) is 40.1 Å². The van der Waals surface area contributed by atoms with Crippen LogP contribution < -0.4 is 10.6 Å². The first kappa shape index (κ1) is 26.4. The number of halogens is 1. The van der Waals surface area contributed by atoms with E-state index in [2.05, 4.69) is 20.6 Å². The Hall–Kier alpha value is -3.83. The van der Waals surface area contributed by atoms with Crippen molar-refractivity contribution in [2.75, 3.05) is 26.3 Å². The summed E-state index contributed by atoms with van der Waals surface area (Å²) in [4.78, 5) is 56.2. The molecule has 0 spiro atoms. The van der Waals surface area contributed by atoms with Crippen LogP contribution >= 0.6 is 23.7 Å². The molecule has 10 nitrogen and oxygen atoms in total. The van der Waals surface area contributed by atoms with Crippen LogP contribution in [0.3, 0.4) is 0 Å². The first-order valence-corrected chi connectivity index (χ1v) is 10.7. The van der Waals surface area contributed by atoms with Crippen LogP contribution in [0.25, 0.3) is 0 Å². The van der Waals surface area contributed by atoms with E-state index in [0.717, 1.165) is 11.3 Å². The molecule has 2 amide bonds. The lowest BCUT2D eigenvalue weighted by molar-refractivity contribution is 0.0504. The first-order valence-electron chi connectivity index (χ1n) is 9.85. The summed E-state index contributed by atoms with van der Waals surface area (Å²) < 4.78 is 10.2. The highest BCUT2D eigenvalue weighted by Crippen LogP contribution is 2.18. The second kappa shape index (κ2) is 13.7. The second-order valence-electron chi connectivity index (χ2n) is 6.43. The van der Waals surface area contributed by atoms with E-state index in [1.807, 2.05) is 0 Å². The fourth-order valence-corrected chi connectivity index (χ4v) is 3.31. The number of thiophene rings is 1. The van der Waals surface area contributed by atoms with E-state index in [9.17, 15) is 19.2 Å². The molecule has 2 N–H and O–H groups in total. The summed E-state index contributed by atoms with van der Waals surface area (Å²) in [5.74, 6) is -1.87. The maximum atomic E-state index is 12.1. The highest BCUT2D eigenvalue weighted by Gasteiger charge is 2.16.